The minimum atomic E-state index is 0. The summed E-state index contributed by atoms with van der Waals surface area (Å²) in [6.45, 7) is 13.0. The van der Waals surface area contributed by atoms with Gasteiger partial charge in [0.25, 0.3) is 0 Å². The van der Waals surface area contributed by atoms with Crippen molar-refractivity contribution in [3.8, 4) is 0 Å². The zero-order chi connectivity index (χ0) is 15.8. The summed E-state index contributed by atoms with van der Waals surface area (Å²) in [5.41, 5.74) is 0. The van der Waals surface area contributed by atoms with Crippen molar-refractivity contribution in [3.05, 3.63) is 0 Å². The van der Waals surface area contributed by atoms with Crippen molar-refractivity contribution in [1.82, 2.24) is 15.1 Å². The van der Waals surface area contributed by atoms with E-state index in [1.807, 2.05) is 0 Å². The first kappa shape index (κ1) is 21.0. The third-order valence-corrected chi connectivity index (χ3v) is 4.88. The molecule has 2 fully saturated rings. The van der Waals surface area contributed by atoms with Crippen LogP contribution >= 0.6 is 24.0 Å². The van der Waals surface area contributed by atoms with Crippen molar-refractivity contribution in [2.45, 2.75) is 33.1 Å². The highest BCUT2D eigenvalue weighted by Gasteiger charge is 2.24. The smallest absolute Gasteiger partial charge is 0.193 e. The first-order chi connectivity index (χ1) is 10.7. The molecule has 0 aromatic rings. The Hall–Kier alpha value is -0.0800. The minimum Gasteiger partial charge on any atom is -0.384 e. The number of rotatable bonds is 6. The zero-order valence-electron chi connectivity index (χ0n) is 15.1. The summed E-state index contributed by atoms with van der Waals surface area (Å²) in [7, 11) is 1.79. The molecule has 0 amide bonds. The van der Waals surface area contributed by atoms with E-state index in [-0.39, 0.29) is 24.0 Å². The number of halogens is 1. The maximum atomic E-state index is 5.29. The van der Waals surface area contributed by atoms with Crippen LogP contribution in [0.15, 0.2) is 4.99 Å². The van der Waals surface area contributed by atoms with Crippen molar-refractivity contribution in [2.75, 3.05) is 59.5 Å². The molecule has 136 valence electrons. The molecular weight excluding hydrogens is 403 g/mol. The molecule has 2 heterocycles. The Labute approximate surface area is 159 Å². The van der Waals surface area contributed by atoms with Gasteiger partial charge in [-0.3, -0.25) is 4.99 Å². The molecule has 2 aliphatic heterocycles. The summed E-state index contributed by atoms with van der Waals surface area (Å²) >= 11 is 0. The minimum absolute atomic E-state index is 0. The van der Waals surface area contributed by atoms with Gasteiger partial charge in [0.05, 0.1) is 13.2 Å². The van der Waals surface area contributed by atoms with Crippen molar-refractivity contribution < 1.29 is 4.74 Å². The fraction of sp³-hybridized carbons (Fsp3) is 0.941. The highest BCUT2D eigenvalue weighted by atomic mass is 127. The number of aliphatic imine (C=N–C) groups is 1. The standard InChI is InChI=1S/C17H34N4O.HI/c1-4-18-17(21-11-7-16(13-21)14-22-3)19-8-12-20-9-5-15(2)6-10-20;/h15-16H,4-14H2,1-3H3,(H,18,19);1H. The summed E-state index contributed by atoms with van der Waals surface area (Å²) in [6.07, 6.45) is 3.89. The van der Waals surface area contributed by atoms with E-state index in [0.29, 0.717) is 5.92 Å². The average molecular weight is 438 g/mol. The van der Waals surface area contributed by atoms with Crippen molar-refractivity contribution in [1.29, 1.82) is 0 Å². The molecule has 0 spiro atoms. The Bertz CT molecular complexity index is 345. The van der Waals surface area contributed by atoms with Gasteiger partial charge in [0.15, 0.2) is 5.96 Å². The molecule has 23 heavy (non-hydrogen) atoms. The van der Waals surface area contributed by atoms with Gasteiger partial charge in [-0.25, -0.2) is 0 Å². The summed E-state index contributed by atoms with van der Waals surface area (Å²) in [5.74, 6) is 2.64. The third kappa shape index (κ3) is 7.13. The Kier molecular flexibility index (Phi) is 10.5. The van der Waals surface area contributed by atoms with E-state index in [9.17, 15) is 0 Å². The maximum absolute atomic E-state index is 5.29. The Balaban J connectivity index is 0.00000264. The normalized spacial score (nSPS) is 23.9. The van der Waals surface area contributed by atoms with Crippen LogP contribution in [0, 0.1) is 11.8 Å². The highest BCUT2D eigenvalue weighted by Crippen LogP contribution is 2.17. The number of guanidine groups is 1. The monoisotopic (exact) mass is 438 g/mol. The Morgan fingerprint density at radius 1 is 1.22 bits per heavy atom. The molecule has 2 aliphatic rings. The number of piperidine rings is 1. The molecule has 0 radical (unpaired) electrons. The lowest BCUT2D eigenvalue weighted by atomic mass is 9.99. The quantitative estimate of drug-likeness (QED) is 0.393. The van der Waals surface area contributed by atoms with Crippen LogP contribution < -0.4 is 5.32 Å². The summed E-state index contributed by atoms with van der Waals surface area (Å²) < 4.78 is 5.29. The van der Waals surface area contributed by atoms with E-state index in [2.05, 4.69) is 29.0 Å². The molecule has 1 N–H and O–H groups in total. The number of methoxy groups -OCH3 is 1. The fourth-order valence-electron chi connectivity index (χ4n) is 3.41. The number of ether oxygens (including phenoxy) is 1. The second kappa shape index (κ2) is 11.5. The Morgan fingerprint density at radius 2 is 1.96 bits per heavy atom. The van der Waals surface area contributed by atoms with Gasteiger partial charge in [0.1, 0.15) is 0 Å². The molecule has 0 aliphatic carbocycles. The van der Waals surface area contributed by atoms with Crippen LogP contribution in [0.3, 0.4) is 0 Å². The van der Waals surface area contributed by atoms with Crippen LogP contribution in [0.1, 0.15) is 33.1 Å². The predicted molar refractivity (Wildman–Crippen MR) is 108 cm³/mol. The first-order valence-electron chi connectivity index (χ1n) is 8.97. The largest absolute Gasteiger partial charge is 0.384 e. The van der Waals surface area contributed by atoms with Gasteiger partial charge in [0, 0.05) is 39.2 Å². The maximum Gasteiger partial charge on any atom is 0.193 e. The van der Waals surface area contributed by atoms with Crippen LogP contribution in [0.2, 0.25) is 0 Å². The van der Waals surface area contributed by atoms with Crippen molar-refractivity contribution in [2.24, 2.45) is 16.8 Å². The van der Waals surface area contributed by atoms with Crippen LogP contribution in [-0.4, -0.2) is 75.3 Å². The van der Waals surface area contributed by atoms with Crippen LogP contribution in [-0.2, 0) is 4.74 Å². The highest BCUT2D eigenvalue weighted by molar-refractivity contribution is 14.0. The number of nitrogens with one attached hydrogen (secondary N) is 1. The van der Waals surface area contributed by atoms with Gasteiger partial charge in [-0.2, -0.15) is 0 Å². The van der Waals surface area contributed by atoms with Gasteiger partial charge in [0.2, 0.25) is 0 Å². The van der Waals surface area contributed by atoms with E-state index < -0.39 is 0 Å². The zero-order valence-corrected chi connectivity index (χ0v) is 17.4. The van der Waals surface area contributed by atoms with E-state index in [4.69, 9.17) is 9.73 Å². The van der Waals surface area contributed by atoms with Gasteiger partial charge in [-0.15, -0.1) is 24.0 Å². The molecule has 5 nitrogen and oxygen atoms in total. The van der Waals surface area contributed by atoms with Gasteiger partial charge < -0.3 is 19.9 Å². The summed E-state index contributed by atoms with van der Waals surface area (Å²) in [6, 6.07) is 0. The Morgan fingerprint density at radius 3 is 2.61 bits per heavy atom. The second-order valence-electron chi connectivity index (χ2n) is 6.82. The fourth-order valence-corrected chi connectivity index (χ4v) is 3.41. The molecule has 6 heteroatoms. The third-order valence-electron chi connectivity index (χ3n) is 4.88. The number of nitrogens with zero attached hydrogens (tertiary/aromatic N) is 3. The molecule has 0 saturated carbocycles. The molecule has 1 atom stereocenters. The van der Waals surface area contributed by atoms with Gasteiger partial charge >= 0.3 is 0 Å². The summed E-state index contributed by atoms with van der Waals surface area (Å²) in [4.78, 5) is 9.81. The number of likely N-dealkylation sites (tertiary alicyclic amines) is 2. The second-order valence-corrected chi connectivity index (χ2v) is 6.82. The SMILES string of the molecule is CCNC(=NCCN1CCC(C)CC1)N1CCC(COC)C1.I. The molecular formula is C17H35IN4O. The molecule has 2 rings (SSSR count). The molecule has 1 unspecified atom stereocenters. The van der Waals surface area contributed by atoms with Gasteiger partial charge in [-0.05, 0) is 45.2 Å². The first-order valence-corrected chi connectivity index (χ1v) is 8.97. The van der Waals surface area contributed by atoms with Crippen molar-refractivity contribution in [3.63, 3.8) is 0 Å². The van der Waals surface area contributed by atoms with E-state index >= 15 is 0 Å². The molecule has 0 bridgehead atoms. The summed E-state index contributed by atoms with van der Waals surface area (Å²) in [5, 5.41) is 3.45. The van der Waals surface area contributed by atoms with Crippen LogP contribution in [0.4, 0.5) is 0 Å². The van der Waals surface area contributed by atoms with Crippen LogP contribution in [0.5, 0.6) is 0 Å². The molecule has 0 aromatic heterocycles. The molecule has 0 aromatic carbocycles. The van der Waals surface area contributed by atoms with Gasteiger partial charge in [-0.1, -0.05) is 6.92 Å². The number of hydrogen-bond donors (Lipinski definition) is 1. The number of hydrogen-bond acceptors (Lipinski definition) is 3. The van der Waals surface area contributed by atoms with Crippen LogP contribution in [0.25, 0.3) is 0 Å². The predicted octanol–water partition coefficient (Wildman–Crippen LogP) is 2.27. The molecule has 2 saturated heterocycles. The lowest BCUT2D eigenvalue weighted by molar-refractivity contribution is 0.157. The lowest BCUT2D eigenvalue weighted by Crippen LogP contribution is -2.41. The van der Waals surface area contributed by atoms with E-state index in [1.54, 1.807) is 7.11 Å². The average Bonchev–Trinajstić information content (AvgIpc) is 2.97. The topological polar surface area (TPSA) is 40.1 Å². The van der Waals surface area contributed by atoms with Crippen molar-refractivity contribution >= 4 is 29.9 Å². The lowest BCUT2D eigenvalue weighted by Gasteiger charge is -2.29. The van der Waals surface area contributed by atoms with E-state index in [0.717, 1.165) is 51.2 Å². The van der Waals surface area contributed by atoms with E-state index in [1.165, 1.54) is 32.4 Å².